The SMILES string of the molecule is O=C(CC1OC(=O)c2ccccc21)Nc1ccc(OC(F)(F)F)cc1. The van der Waals surface area contributed by atoms with Crippen molar-refractivity contribution in [3.63, 3.8) is 0 Å². The Bertz CT molecular complexity index is 802. The second-order valence-electron chi connectivity index (χ2n) is 5.31. The number of ether oxygens (including phenoxy) is 2. The first-order valence-corrected chi connectivity index (χ1v) is 7.27. The van der Waals surface area contributed by atoms with Crippen LogP contribution < -0.4 is 10.1 Å². The van der Waals surface area contributed by atoms with E-state index in [1.807, 2.05) is 0 Å². The van der Waals surface area contributed by atoms with E-state index in [4.69, 9.17) is 4.74 Å². The molecule has 0 fully saturated rings. The van der Waals surface area contributed by atoms with Crippen molar-refractivity contribution in [3.8, 4) is 5.75 Å². The van der Waals surface area contributed by atoms with Crippen molar-refractivity contribution in [2.24, 2.45) is 0 Å². The maximum atomic E-state index is 12.1. The molecule has 0 saturated carbocycles. The molecule has 25 heavy (non-hydrogen) atoms. The molecule has 1 aliphatic rings. The van der Waals surface area contributed by atoms with Crippen molar-refractivity contribution in [1.29, 1.82) is 0 Å². The second-order valence-corrected chi connectivity index (χ2v) is 5.31. The van der Waals surface area contributed by atoms with Gasteiger partial charge in [-0.3, -0.25) is 4.79 Å². The lowest BCUT2D eigenvalue weighted by atomic mass is 10.0. The van der Waals surface area contributed by atoms with Gasteiger partial charge in [0.1, 0.15) is 11.9 Å². The van der Waals surface area contributed by atoms with E-state index in [0.717, 1.165) is 12.1 Å². The third-order valence-corrected chi connectivity index (χ3v) is 3.52. The van der Waals surface area contributed by atoms with E-state index >= 15 is 0 Å². The number of alkyl halides is 3. The van der Waals surface area contributed by atoms with Crippen LogP contribution in [0.25, 0.3) is 0 Å². The zero-order valence-corrected chi connectivity index (χ0v) is 12.7. The van der Waals surface area contributed by atoms with Crippen LogP contribution in [0.15, 0.2) is 48.5 Å². The highest BCUT2D eigenvalue weighted by atomic mass is 19.4. The molecule has 0 radical (unpaired) electrons. The predicted octanol–water partition coefficient (Wildman–Crippen LogP) is 3.83. The van der Waals surface area contributed by atoms with Gasteiger partial charge in [0.2, 0.25) is 5.91 Å². The van der Waals surface area contributed by atoms with Crippen LogP contribution in [-0.4, -0.2) is 18.2 Å². The average molecular weight is 351 g/mol. The van der Waals surface area contributed by atoms with Crippen molar-refractivity contribution < 1.29 is 32.2 Å². The predicted molar refractivity (Wildman–Crippen MR) is 81.0 cm³/mol. The van der Waals surface area contributed by atoms with Crippen molar-refractivity contribution in [2.45, 2.75) is 18.9 Å². The summed E-state index contributed by atoms with van der Waals surface area (Å²) in [6, 6.07) is 11.5. The molecule has 1 atom stereocenters. The summed E-state index contributed by atoms with van der Waals surface area (Å²) in [5, 5.41) is 2.54. The van der Waals surface area contributed by atoms with Crippen LogP contribution in [0, 0.1) is 0 Å². The van der Waals surface area contributed by atoms with Crippen molar-refractivity contribution >= 4 is 17.6 Å². The Balaban J connectivity index is 1.61. The van der Waals surface area contributed by atoms with E-state index < -0.39 is 24.3 Å². The Morgan fingerprint density at radius 3 is 2.48 bits per heavy atom. The Morgan fingerprint density at radius 2 is 1.80 bits per heavy atom. The van der Waals surface area contributed by atoms with Crippen LogP contribution >= 0.6 is 0 Å². The number of carbonyl (C=O) groups excluding carboxylic acids is 2. The highest BCUT2D eigenvalue weighted by Gasteiger charge is 2.32. The molecule has 3 rings (SSSR count). The molecule has 1 aliphatic heterocycles. The number of fused-ring (bicyclic) bond motifs is 1. The first-order chi connectivity index (χ1) is 11.8. The van der Waals surface area contributed by atoms with E-state index in [-0.39, 0.29) is 12.2 Å². The van der Waals surface area contributed by atoms with Gasteiger partial charge in [-0.05, 0) is 30.3 Å². The van der Waals surface area contributed by atoms with E-state index in [1.54, 1.807) is 24.3 Å². The van der Waals surface area contributed by atoms with Gasteiger partial charge in [0, 0.05) is 11.3 Å². The highest BCUT2D eigenvalue weighted by molar-refractivity contribution is 5.96. The van der Waals surface area contributed by atoms with Crippen molar-refractivity contribution in [3.05, 3.63) is 59.7 Å². The van der Waals surface area contributed by atoms with Crippen LogP contribution in [0.1, 0.15) is 28.4 Å². The smallest absolute Gasteiger partial charge is 0.453 e. The molecule has 0 saturated heterocycles. The number of hydrogen-bond acceptors (Lipinski definition) is 4. The molecule has 1 amide bonds. The normalized spacial score (nSPS) is 16.1. The standard InChI is InChI=1S/C17H12F3NO4/c18-17(19,20)25-11-7-5-10(6-8-11)21-15(22)9-14-12-3-1-2-4-13(12)16(23)24-14/h1-8,14H,9H2,(H,21,22). The number of halogens is 3. The number of rotatable bonds is 4. The molecule has 5 nitrogen and oxygen atoms in total. The van der Waals surface area contributed by atoms with Gasteiger partial charge in [-0.25, -0.2) is 4.79 Å². The van der Waals surface area contributed by atoms with Gasteiger partial charge >= 0.3 is 12.3 Å². The van der Waals surface area contributed by atoms with Gasteiger partial charge in [-0.15, -0.1) is 13.2 Å². The van der Waals surface area contributed by atoms with Crippen LogP contribution in [0.2, 0.25) is 0 Å². The number of nitrogens with one attached hydrogen (secondary N) is 1. The maximum Gasteiger partial charge on any atom is 0.573 e. The first-order valence-electron chi connectivity index (χ1n) is 7.27. The number of esters is 1. The summed E-state index contributed by atoms with van der Waals surface area (Å²) in [4.78, 5) is 23.8. The number of benzene rings is 2. The monoisotopic (exact) mass is 351 g/mol. The fourth-order valence-electron chi connectivity index (χ4n) is 2.49. The molecule has 0 aliphatic carbocycles. The molecule has 2 aromatic carbocycles. The zero-order chi connectivity index (χ0) is 18.0. The fraction of sp³-hybridized carbons (Fsp3) is 0.176. The molecule has 130 valence electrons. The summed E-state index contributed by atoms with van der Waals surface area (Å²) in [7, 11) is 0. The minimum absolute atomic E-state index is 0.0937. The lowest BCUT2D eigenvalue weighted by molar-refractivity contribution is -0.274. The molecule has 0 bridgehead atoms. The van der Waals surface area contributed by atoms with Crippen LogP contribution in [0.5, 0.6) is 5.75 Å². The largest absolute Gasteiger partial charge is 0.573 e. The number of carbonyl (C=O) groups is 2. The fourth-order valence-corrected chi connectivity index (χ4v) is 2.49. The van der Waals surface area contributed by atoms with E-state index in [1.165, 1.54) is 12.1 Å². The van der Waals surface area contributed by atoms with Gasteiger partial charge in [-0.2, -0.15) is 0 Å². The molecule has 0 aromatic heterocycles. The number of amides is 1. The Hall–Kier alpha value is -3.03. The first kappa shape index (κ1) is 16.8. The van der Waals surface area contributed by atoms with Crippen LogP contribution in [-0.2, 0) is 9.53 Å². The summed E-state index contributed by atoms with van der Waals surface area (Å²) in [6.45, 7) is 0. The van der Waals surface area contributed by atoms with Gasteiger partial charge in [0.05, 0.1) is 12.0 Å². The molecule has 1 heterocycles. The van der Waals surface area contributed by atoms with E-state index in [0.29, 0.717) is 16.8 Å². The van der Waals surface area contributed by atoms with E-state index in [9.17, 15) is 22.8 Å². The maximum absolute atomic E-state index is 12.1. The molecular formula is C17H12F3NO4. The van der Waals surface area contributed by atoms with Crippen molar-refractivity contribution in [2.75, 3.05) is 5.32 Å². The highest BCUT2D eigenvalue weighted by Crippen LogP contribution is 2.33. The van der Waals surface area contributed by atoms with Gasteiger partial charge < -0.3 is 14.8 Å². The number of anilines is 1. The lowest BCUT2D eigenvalue weighted by Gasteiger charge is -2.12. The quantitative estimate of drug-likeness (QED) is 0.851. The van der Waals surface area contributed by atoms with E-state index in [2.05, 4.69) is 10.1 Å². The Kier molecular flexibility index (Phi) is 4.35. The molecule has 0 spiro atoms. The zero-order valence-electron chi connectivity index (χ0n) is 12.7. The van der Waals surface area contributed by atoms with Gasteiger partial charge in [-0.1, -0.05) is 18.2 Å². The molecule has 1 N–H and O–H groups in total. The molecule has 2 aromatic rings. The number of hydrogen-bond donors (Lipinski definition) is 1. The average Bonchev–Trinajstić information content (AvgIpc) is 2.84. The lowest BCUT2D eigenvalue weighted by Crippen LogP contribution is -2.17. The molecule has 8 heteroatoms. The minimum atomic E-state index is -4.77. The van der Waals surface area contributed by atoms with Crippen LogP contribution in [0.3, 0.4) is 0 Å². The minimum Gasteiger partial charge on any atom is -0.453 e. The summed E-state index contributed by atoms with van der Waals surface area (Å²) in [6.07, 6.45) is -5.55. The van der Waals surface area contributed by atoms with Crippen LogP contribution in [0.4, 0.5) is 18.9 Å². The Labute approximate surface area is 140 Å². The number of cyclic esters (lactones) is 1. The van der Waals surface area contributed by atoms with Gasteiger partial charge in [0.25, 0.3) is 0 Å². The third kappa shape index (κ3) is 4.09. The second kappa shape index (κ2) is 6.46. The topological polar surface area (TPSA) is 64.6 Å². The molecular weight excluding hydrogens is 339 g/mol. The Morgan fingerprint density at radius 1 is 1.12 bits per heavy atom. The third-order valence-electron chi connectivity index (χ3n) is 3.52. The van der Waals surface area contributed by atoms with Gasteiger partial charge in [0.15, 0.2) is 0 Å². The summed E-state index contributed by atoms with van der Waals surface area (Å²) in [5.74, 6) is -1.30. The van der Waals surface area contributed by atoms with Crippen molar-refractivity contribution in [1.82, 2.24) is 0 Å². The summed E-state index contributed by atoms with van der Waals surface area (Å²) >= 11 is 0. The summed E-state index contributed by atoms with van der Waals surface area (Å²) in [5.41, 5.74) is 1.36. The molecule has 1 unspecified atom stereocenters. The summed E-state index contributed by atoms with van der Waals surface area (Å²) < 4.78 is 45.2.